The summed E-state index contributed by atoms with van der Waals surface area (Å²) in [5.74, 6) is 1.37. The van der Waals surface area contributed by atoms with Crippen LogP contribution in [-0.4, -0.2) is 43.5 Å². The molecule has 0 fully saturated rings. The average Bonchev–Trinajstić information content (AvgIpc) is 2.67. The van der Waals surface area contributed by atoms with Crippen molar-refractivity contribution in [2.24, 2.45) is 0 Å². The lowest BCUT2D eigenvalue weighted by atomic mass is 10.0. The molecule has 0 atom stereocenters. The molecule has 6 nitrogen and oxygen atoms in total. The summed E-state index contributed by atoms with van der Waals surface area (Å²) in [4.78, 5) is 25.2. The van der Waals surface area contributed by atoms with E-state index < -0.39 is 0 Å². The Bertz CT molecular complexity index is 835. The molecule has 0 unspecified atom stereocenters. The number of carbonyl (C=O) groups is 2. The Labute approximate surface area is 159 Å². The van der Waals surface area contributed by atoms with Crippen LogP contribution in [0.1, 0.15) is 17.5 Å². The molecule has 0 saturated carbocycles. The maximum atomic E-state index is 12.2. The van der Waals surface area contributed by atoms with Crippen LogP contribution in [0.25, 0.3) is 0 Å². The quantitative estimate of drug-likeness (QED) is 0.816. The van der Waals surface area contributed by atoms with Gasteiger partial charge in [0.15, 0.2) is 6.61 Å². The van der Waals surface area contributed by atoms with Gasteiger partial charge in [0, 0.05) is 19.2 Å². The fraction of sp³-hybridized carbons (Fsp3) is 0.333. The van der Waals surface area contributed by atoms with Gasteiger partial charge in [-0.1, -0.05) is 18.2 Å². The third-order valence-electron chi connectivity index (χ3n) is 4.54. The number of benzene rings is 2. The zero-order valence-electron chi connectivity index (χ0n) is 15.7. The Morgan fingerprint density at radius 1 is 1.15 bits per heavy atom. The number of hydrogen-bond acceptors (Lipinski definition) is 4. The highest BCUT2D eigenvalue weighted by Gasteiger charge is 2.16. The lowest BCUT2D eigenvalue weighted by Crippen LogP contribution is -2.34. The van der Waals surface area contributed by atoms with E-state index in [0.29, 0.717) is 31.7 Å². The highest BCUT2D eigenvalue weighted by atomic mass is 16.5. The molecule has 0 radical (unpaired) electrons. The van der Waals surface area contributed by atoms with Crippen molar-refractivity contribution in [2.75, 3.05) is 32.1 Å². The standard InChI is InChI=1S/C21H24N2O4/c1-15-5-3-4-6-19(15)26-12-11-23(2)21(25)14-27-17-8-9-18-16(13-17)7-10-20(24)22-18/h3-6,8-9,13H,7,10-12,14H2,1-2H3,(H,22,24). The van der Waals surface area contributed by atoms with Gasteiger partial charge in [0.2, 0.25) is 5.91 Å². The molecule has 27 heavy (non-hydrogen) atoms. The summed E-state index contributed by atoms with van der Waals surface area (Å²) < 4.78 is 11.3. The number of hydrogen-bond donors (Lipinski definition) is 1. The molecule has 6 heteroatoms. The number of para-hydroxylation sites is 1. The molecule has 3 rings (SSSR count). The fourth-order valence-electron chi connectivity index (χ4n) is 2.84. The van der Waals surface area contributed by atoms with Crippen LogP contribution >= 0.6 is 0 Å². The smallest absolute Gasteiger partial charge is 0.260 e. The van der Waals surface area contributed by atoms with Crippen LogP contribution in [0.4, 0.5) is 5.69 Å². The second kappa shape index (κ2) is 8.58. The Balaban J connectivity index is 1.45. The lowest BCUT2D eigenvalue weighted by molar-refractivity contribution is -0.132. The predicted octanol–water partition coefficient (Wildman–Crippen LogP) is 2.80. The first-order chi connectivity index (χ1) is 13.0. The van der Waals surface area contributed by atoms with Gasteiger partial charge in [0.25, 0.3) is 5.91 Å². The van der Waals surface area contributed by atoms with E-state index in [0.717, 1.165) is 22.6 Å². The van der Waals surface area contributed by atoms with Crippen molar-refractivity contribution in [3.05, 3.63) is 53.6 Å². The van der Waals surface area contributed by atoms with Gasteiger partial charge < -0.3 is 19.7 Å². The summed E-state index contributed by atoms with van der Waals surface area (Å²) in [5.41, 5.74) is 2.91. The minimum Gasteiger partial charge on any atom is -0.491 e. The number of nitrogens with zero attached hydrogens (tertiary/aromatic N) is 1. The zero-order valence-corrected chi connectivity index (χ0v) is 15.7. The topological polar surface area (TPSA) is 67.9 Å². The first-order valence-electron chi connectivity index (χ1n) is 9.01. The van der Waals surface area contributed by atoms with E-state index in [1.807, 2.05) is 43.3 Å². The van der Waals surface area contributed by atoms with E-state index >= 15 is 0 Å². The minimum absolute atomic E-state index is 0.0286. The number of fused-ring (bicyclic) bond motifs is 1. The Morgan fingerprint density at radius 3 is 2.78 bits per heavy atom. The lowest BCUT2D eigenvalue weighted by Gasteiger charge is -2.20. The molecule has 1 aliphatic rings. The molecule has 0 bridgehead atoms. The van der Waals surface area contributed by atoms with Crippen molar-refractivity contribution in [1.82, 2.24) is 4.90 Å². The number of nitrogens with one attached hydrogen (secondary N) is 1. The third kappa shape index (κ3) is 5.00. The van der Waals surface area contributed by atoms with Crippen LogP contribution in [0.15, 0.2) is 42.5 Å². The van der Waals surface area contributed by atoms with Gasteiger partial charge >= 0.3 is 0 Å². The van der Waals surface area contributed by atoms with E-state index in [1.165, 1.54) is 0 Å². The zero-order chi connectivity index (χ0) is 19.2. The van der Waals surface area contributed by atoms with Gasteiger partial charge in [-0.15, -0.1) is 0 Å². The summed E-state index contributed by atoms with van der Waals surface area (Å²) in [5, 5.41) is 2.83. The Morgan fingerprint density at radius 2 is 1.96 bits per heavy atom. The normalized spacial score (nSPS) is 12.7. The Hall–Kier alpha value is -3.02. The van der Waals surface area contributed by atoms with E-state index in [-0.39, 0.29) is 18.4 Å². The minimum atomic E-state index is -0.116. The number of aryl methyl sites for hydroxylation is 2. The first-order valence-corrected chi connectivity index (χ1v) is 9.01. The maximum Gasteiger partial charge on any atom is 0.260 e. The first kappa shape index (κ1) is 18.8. The average molecular weight is 368 g/mol. The SMILES string of the molecule is Cc1ccccc1OCCN(C)C(=O)COc1ccc2c(c1)CCC(=O)N2. The van der Waals surface area contributed by atoms with Gasteiger partial charge in [-0.2, -0.15) is 0 Å². The summed E-state index contributed by atoms with van der Waals surface area (Å²) in [6, 6.07) is 13.2. The van der Waals surface area contributed by atoms with Crippen molar-refractivity contribution in [3.63, 3.8) is 0 Å². The second-order valence-electron chi connectivity index (χ2n) is 6.59. The second-order valence-corrected chi connectivity index (χ2v) is 6.59. The summed E-state index contributed by atoms with van der Waals surface area (Å²) in [6.07, 6.45) is 1.15. The predicted molar refractivity (Wildman–Crippen MR) is 103 cm³/mol. The summed E-state index contributed by atoms with van der Waals surface area (Å²) >= 11 is 0. The van der Waals surface area contributed by atoms with Gasteiger partial charge in [0.05, 0.1) is 6.54 Å². The van der Waals surface area contributed by atoms with Gasteiger partial charge in [-0.05, 0) is 48.7 Å². The molecule has 2 aromatic carbocycles. The van der Waals surface area contributed by atoms with Crippen LogP contribution in [0.3, 0.4) is 0 Å². The third-order valence-corrected chi connectivity index (χ3v) is 4.54. The van der Waals surface area contributed by atoms with Crippen molar-refractivity contribution >= 4 is 17.5 Å². The molecule has 142 valence electrons. The molecule has 0 spiro atoms. The van der Waals surface area contributed by atoms with Crippen molar-refractivity contribution < 1.29 is 19.1 Å². The largest absolute Gasteiger partial charge is 0.491 e. The van der Waals surface area contributed by atoms with Gasteiger partial charge in [-0.25, -0.2) is 0 Å². The van der Waals surface area contributed by atoms with E-state index in [9.17, 15) is 9.59 Å². The summed E-state index contributed by atoms with van der Waals surface area (Å²) in [6.45, 7) is 2.85. The number of rotatable bonds is 7. The Kier molecular flexibility index (Phi) is 5.96. The highest BCUT2D eigenvalue weighted by molar-refractivity contribution is 5.94. The molecule has 2 aromatic rings. The van der Waals surface area contributed by atoms with E-state index in [4.69, 9.17) is 9.47 Å². The van der Waals surface area contributed by atoms with Crippen LogP contribution in [-0.2, 0) is 16.0 Å². The van der Waals surface area contributed by atoms with Crippen molar-refractivity contribution in [3.8, 4) is 11.5 Å². The van der Waals surface area contributed by atoms with Crippen LogP contribution < -0.4 is 14.8 Å². The highest BCUT2D eigenvalue weighted by Crippen LogP contribution is 2.26. The molecule has 0 aliphatic carbocycles. The molecule has 0 saturated heterocycles. The summed E-state index contributed by atoms with van der Waals surface area (Å²) in [7, 11) is 1.73. The molecule has 0 aromatic heterocycles. The fourth-order valence-corrected chi connectivity index (χ4v) is 2.84. The molecular formula is C21H24N2O4. The molecule has 1 aliphatic heterocycles. The van der Waals surface area contributed by atoms with Gasteiger partial charge in [-0.3, -0.25) is 9.59 Å². The number of likely N-dealkylation sites (N-methyl/N-ethyl adjacent to an activating group) is 1. The molecule has 2 amide bonds. The monoisotopic (exact) mass is 368 g/mol. The molecule has 1 heterocycles. The van der Waals surface area contributed by atoms with Gasteiger partial charge in [0.1, 0.15) is 18.1 Å². The number of amides is 2. The van der Waals surface area contributed by atoms with Crippen LogP contribution in [0.2, 0.25) is 0 Å². The van der Waals surface area contributed by atoms with Crippen LogP contribution in [0.5, 0.6) is 11.5 Å². The maximum absolute atomic E-state index is 12.2. The number of anilines is 1. The molecular weight excluding hydrogens is 344 g/mol. The van der Waals surface area contributed by atoms with Crippen molar-refractivity contribution in [1.29, 1.82) is 0 Å². The number of carbonyl (C=O) groups excluding carboxylic acids is 2. The van der Waals surface area contributed by atoms with E-state index in [2.05, 4.69) is 5.32 Å². The van der Waals surface area contributed by atoms with Crippen molar-refractivity contribution in [2.45, 2.75) is 19.8 Å². The van der Waals surface area contributed by atoms with Crippen LogP contribution in [0, 0.1) is 6.92 Å². The number of ether oxygens (including phenoxy) is 2. The molecule has 1 N–H and O–H groups in total. The van der Waals surface area contributed by atoms with E-state index in [1.54, 1.807) is 18.0 Å².